The van der Waals surface area contributed by atoms with Crippen molar-refractivity contribution in [2.75, 3.05) is 26.4 Å². The summed E-state index contributed by atoms with van der Waals surface area (Å²) in [5.74, 6) is -1.08. The van der Waals surface area contributed by atoms with Crippen LogP contribution in [0.5, 0.6) is 0 Å². The van der Waals surface area contributed by atoms with Gasteiger partial charge < -0.3 is 24.6 Å². The monoisotopic (exact) mass is 819 g/mol. The highest BCUT2D eigenvalue weighted by atomic mass is 31.2. The van der Waals surface area contributed by atoms with Gasteiger partial charge in [-0.1, -0.05) is 137 Å². The molecule has 0 rings (SSSR count). The Morgan fingerprint density at radius 2 is 0.930 bits per heavy atom. The van der Waals surface area contributed by atoms with Crippen molar-refractivity contribution in [1.82, 2.24) is 0 Å². The van der Waals surface area contributed by atoms with Gasteiger partial charge in [0.2, 0.25) is 0 Å². The van der Waals surface area contributed by atoms with Crippen LogP contribution in [-0.2, 0) is 32.7 Å². The predicted molar refractivity (Wildman–Crippen MR) is 232 cm³/mol. The zero-order valence-corrected chi connectivity index (χ0v) is 35.9. The Morgan fingerprint density at radius 3 is 1.37 bits per heavy atom. The largest absolute Gasteiger partial charge is 0.472 e. The fraction of sp³-hybridized carbons (Fsp3) is 0.609. The van der Waals surface area contributed by atoms with Crippen LogP contribution in [0, 0.1) is 0 Å². The van der Waals surface area contributed by atoms with E-state index in [9.17, 15) is 24.2 Å². The third-order valence-corrected chi connectivity index (χ3v) is 9.18. The molecule has 0 bridgehead atoms. The number of hydrogen-bond donors (Lipinski definition) is 3. The van der Waals surface area contributed by atoms with Gasteiger partial charge in [0.05, 0.1) is 19.8 Å². The molecule has 0 aliphatic carbocycles. The van der Waals surface area contributed by atoms with Crippen LogP contribution in [0.4, 0.5) is 0 Å². The zero-order valence-electron chi connectivity index (χ0n) is 35.0. The third kappa shape index (κ3) is 40.9. The lowest BCUT2D eigenvalue weighted by molar-refractivity contribution is -0.161. The van der Waals surface area contributed by atoms with E-state index in [2.05, 4.69) is 103 Å². The second-order valence-electron chi connectivity index (χ2n) is 13.7. The van der Waals surface area contributed by atoms with E-state index in [0.717, 1.165) is 57.8 Å². The van der Waals surface area contributed by atoms with Crippen molar-refractivity contribution < 1.29 is 47.8 Å². The number of unbranched alkanes of at least 4 members (excludes halogenated alkanes) is 8. The summed E-state index contributed by atoms with van der Waals surface area (Å²) < 4.78 is 32.5. The number of ether oxygens (including phenoxy) is 2. The summed E-state index contributed by atoms with van der Waals surface area (Å²) in [5.41, 5.74) is 0. The molecule has 0 aromatic rings. The first-order chi connectivity index (χ1) is 27.7. The molecule has 0 saturated carbocycles. The minimum atomic E-state index is -4.65. The van der Waals surface area contributed by atoms with E-state index in [4.69, 9.17) is 19.1 Å². The quantitative estimate of drug-likeness (QED) is 0.0238. The number of carbonyl (C=O) groups is 2. The molecule has 0 aromatic carbocycles. The van der Waals surface area contributed by atoms with Crippen LogP contribution in [0.3, 0.4) is 0 Å². The molecule has 3 N–H and O–H groups in total. The zero-order chi connectivity index (χ0) is 41.9. The first-order valence-corrected chi connectivity index (χ1v) is 22.7. The van der Waals surface area contributed by atoms with Gasteiger partial charge in [0, 0.05) is 12.8 Å². The van der Waals surface area contributed by atoms with E-state index in [1.54, 1.807) is 0 Å². The number of carbonyl (C=O) groups excluding carboxylic acids is 2. The van der Waals surface area contributed by atoms with Crippen molar-refractivity contribution in [3.05, 3.63) is 97.2 Å². The van der Waals surface area contributed by atoms with Crippen LogP contribution in [0.1, 0.15) is 142 Å². The molecule has 11 heteroatoms. The van der Waals surface area contributed by atoms with Gasteiger partial charge in [0.15, 0.2) is 6.10 Å². The Morgan fingerprint density at radius 1 is 0.526 bits per heavy atom. The number of aliphatic hydroxyl groups is 2. The highest BCUT2D eigenvalue weighted by Crippen LogP contribution is 2.43. The molecule has 0 amide bonds. The second-order valence-corrected chi connectivity index (χ2v) is 15.1. The molecule has 1 unspecified atom stereocenters. The maximum Gasteiger partial charge on any atom is 0.472 e. The van der Waals surface area contributed by atoms with Gasteiger partial charge >= 0.3 is 19.8 Å². The molecule has 324 valence electrons. The highest BCUT2D eigenvalue weighted by Gasteiger charge is 2.27. The lowest BCUT2D eigenvalue weighted by Gasteiger charge is -2.20. The summed E-state index contributed by atoms with van der Waals surface area (Å²) in [7, 11) is -4.65. The average Bonchev–Trinajstić information content (AvgIpc) is 3.20. The normalized spacial score (nSPS) is 14.8. The van der Waals surface area contributed by atoms with Gasteiger partial charge in [-0.05, 0) is 89.9 Å². The number of aliphatic hydroxyl groups excluding tert-OH is 2. The van der Waals surface area contributed by atoms with Crippen molar-refractivity contribution in [1.29, 1.82) is 0 Å². The highest BCUT2D eigenvalue weighted by molar-refractivity contribution is 7.47. The van der Waals surface area contributed by atoms with Gasteiger partial charge in [0.1, 0.15) is 12.7 Å². The van der Waals surface area contributed by atoms with Crippen LogP contribution in [0.25, 0.3) is 0 Å². The molecule has 57 heavy (non-hydrogen) atoms. The fourth-order valence-corrected chi connectivity index (χ4v) is 5.71. The Bertz CT molecular complexity index is 1260. The maximum absolute atomic E-state index is 12.6. The van der Waals surface area contributed by atoms with Gasteiger partial charge in [-0.2, -0.15) is 0 Å². The van der Waals surface area contributed by atoms with Crippen molar-refractivity contribution in [3.63, 3.8) is 0 Å². The Balaban J connectivity index is 4.52. The molecule has 3 atom stereocenters. The SMILES string of the molecule is CCCCC/C=C/C/C=C/C/C=C/C/C=C/C/C=C/CCC(=O)OC[C@H](COP(=O)(O)OC[C@@H](O)CO)OC(=O)CCCC/C=C/C/C=C/C/C=C/CCCCC. The van der Waals surface area contributed by atoms with E-state index >= 15 is 0 Å². The second kappa shape index (κ2) is 41.1. The van der Waals surface area contributed by atoms with Crippen molar-refractivity contribution >= 4 is 19.8 Å². The van der Waals surface area contributed by atoms with Crippen LogP contribution in [0.15, 0.2) is 97.2 Å². The molecule has 0 spiro atoms. The van der Waals surface area contributed by atoms with E-state index in [0.29, 0.717) is 12.8 Å². The molecule has 0 heterocycles. The van der Waals surface area contributed by atoms with Crippen LogP contribution in [0.2, 0.25) is 0 Å². The summed E-state index contributed by atoms with van der Waals surface area (Å²) in [6.45, 7) is 2.16. The molecular formula is C46H75O10P. The predicted octanol–water partition coefficient (Wildman–Crippen LogP) is 11.2. The molecule has 0 radical (unpaired) electrons. The fourth-order valence-electron chi connectivity index (χ4n) is 4.92. The first-order valence-electron chi connectivity index (χ1n) is 21.2. The molecular weight excluding hydrogens is 743 g/mol. The lowest BCUT2D eigenvalue weighted by Crippen LogP contribution is -2.29. The van der Waals surface area contributed by atoms with Gasteiger partial charge in [-0.3, -0.25) is 18.6 Å². The molecule has 0 aromatic heterocycles. The summed E-state index contributed by atoms with van der Waals surface area (Å²) in [6, 6.07) is 0. The molecule has 0 fully saturated rings. The van der Waals surface area contributed by atoms with E-state index < -0.39 is 51.8 Å². The minimum absolute atomic E-state index is 0.104. The van der Waals surface area contributed by atoms with E-state index in [1.807, 2.05) is 12.2 Å². The van der Waals surface area contributed by atoms with Gasteiger partial charge in [-0.25, -0.2) is 4.57 Å². The van der Waals surface area contributed by atoms with Crippen LogP contribution >= 0.6 is 7.82 Å². The summed E-state index contributed by atoms with van der Waals surface area (Å²) >= 11 is 0. The van der Waals surface area contributed by atoms with Crippen LogP contribution < -0.4 is 0 Å². The summed E-state index contributed by atoms with van der Waals surface area (Å²) in [5, 5.41) is 18.3. The molecule has 0 aliphatic heterocycles. The lowest BCUT2D eigenvalue weighted by atomic mass is 10.1. The van der Waals surface area contributed by atoms with Crippen LogP contribution in [-0.4, -0.2) is 65.7 Å². The van der Waals surface area contributed by atoms with Crippen molar-refractivity contribution in [2.24, 2.45) is 0 Å². The smallest absolute Gasteiger partial charge is 0.462 e. The summed E-state index contributed by atoms with van der Waals surface area (Å²) in [6.07, 6.45) is 49.6. The Kier molecular flexibility index (Phi) is 38.8. The number of esters is 2. The molecule has 0 saturated heterocycles. The first kappa shape index (κ1) is 53.9. The molecule has 10 nitrogen and oxygen atoms in total. The number of rotatable bonds is 38. The van der Waals surface area contributed by atoms with Crippen molar-refractivity contribution in [3.8, 4) is 0 Å². The van der Waals surface area contributed by atoms with E-state index in [-0.39, 0.29) is 19.4 Å². The number of phosphoric acid groups is 1. The number of hydrogen-bond acceptors (Lipinski definition) is 9. The van der Waals surface area contributed by atoms with Gasteiger partial charge in [-0.15, -0.1) is 0 Å². The number of phosphoric ester groups is 1. The minimum Gasteiger partial charge on any atom is -0.462 e. The standard InChI is InChI=1S/C46H75O10P/c1-3-5-7-9-11-13-15-17-19-20-21-22-24-25-27-29-31-33-35-37-45(49)53-41-44(42-55-57(51,52)54-40-43(48)39-47)56-46(50)38-36-34-32-30-28-26-23-18-16-14-12-10-8-6-4-2/h11-14,17-19,21-23,25,27-28,30-31,33,43-44,47-48H,3-10,15-16,20,24,26,29,32,34-42H2,1-2H3,(H,51,52)/b13-11+,14-12+,19-17+,22-21+,23-18+,27-25+,30-28+,33-31+/t43-,44+/m0/s1. The third-order valence-electron chi connectivity index (χ3n) is 8.22. The average molecular weight is 819 g/mol. The van der Waals surface area contributed by atoms with E-state index in [1.165, 1.54) is 44.9 Å². The molecule has 0 aliphatic rings. The Hall–Kier alpha value is -3.11. The van der Waals surface area contributed by atoms with Gasteiger partial charge in [0.25, 0.3) is 0 Å². The topological polar surface area (TPSA) is 149 Å². The summed E-state index contributed by atoms with van der Waals surface area (Å²) in [4.78, 5) is 34.9. The maximum atomic E-state index is 12.6. The Labute approximate surface area is 344 Å². The van der Waals surface area contributed by atoms with Crippen molar-refractivity contribution in [2.45, 2.75) is 154 Å². The number of allylic oxidation sites excluding steroid dienone is 16.